The van der Waals surface area contributed by atoms with Crippen molar-refractivity contribution in [2.45, 2.75) is 19.8 Å². The van der Waals surface area contributed by atoms with Crippen LogP contribution in [0, 0.1) is 9.28 Å². The maximum Gasteiger partial charge on any atom is 0.138 e. The van der Waals surface area contributed by atoms with Gasteiger partial charge in [-0.3, -0.25) is 0 Å². The van der Waals surface area contributed by atoms with Crippen LogP contribution in [0.25, 0.3) is 11.0 Å². The summed E-state index contributed by atoms with van der Waals surface area (Å²) in [5.41, 5.74) is 3.30. The van der Waals surface area contributed by atoms with E-state index < -0.39 is 0 Å². The van der Waals surface area contributed by atoms with E-state index in [1.807, 2.05) is 6.07 Å². The van der Waals surface area contributed by atoms with Crippen LogP contribution in [0.15, 0.2) is 18.2 Å². The van der Waals surface area contributed by atoms with Gasteiger partial charge in [0, 0.05) is 0 Å². The molecule has 78 valence electrons. The van der Waals surface area contributed by atoms with Crippen LogP contribution in [0.5, 0.6) is 0 Å². The Balaban J connectivity index is 2.77. The van der Waals surface area contributed by atoms with Crippen molar-refractivity contribution in [2.24, 2.45) is 0 Å². The smallest absolute Gasteiger partial charge is 0.138 e. The summed E-state index contributed by atoms with van der Waals surface area (Å²) in [4.78, 5) is 6.24. The number of hydrogen-bond donors (Lipinski definition) is 2. The van der Waals surface area contributed by atoms with E-state index in [1.165, 1.54) is 5.56 Å². The Morgan fingerprint density at radius 3 is 2.20 bits per heavy atom. The zero-order chi connectivity index (χ0) is 11.0. The van der Waals surface area contributed by atoms with Gasteiger partial charge >= 0.3 is 0 Å². The third-order valence-electron chi connectivity index (χ3n) is 2.41. The molecule has 2 aromatic rings. The fraction of sp³-hybridized carbons (Fsp3) is 0.273. The number of nitrogens with one attached hydrogen (secondary N) is 2. The molecule has 2 N–H and O–H groups in total. The lowest BCUT2D eigenvalue weighted by Crippen LogP contribution is -1.91. The van der Waals surface area contributed by atoms with Crippen LogP contribution >= 0.6 is 24.4 Å². The molecule has 0 saturated heterocycles. The first-order valence-electron chi connectivity index (χ1n) is 4.84. The summed E-state index contributed by atoms with van der Waals surface area (Å²) in [7, 11) is 0. The van der Waals surface area contributed by atoms with Crippen molar-refractivity contribution in [1.29, 1.82) is 0 Å². The van der Waals surface area contributed by atoms with Crippen molar-refractivity contribution in [3.8, 4) is 0 Å². The van der Waals surface area contributed by atoms with E-state index >= 15 is 0 Å². The Bertz CT molecular complexity index is 608. The Hall–Kier alpha value is -1.00. The lowest BCUT2D eigenvalue weighted by atomic mass is 10.0. The molecule has 1 aromatic carbocycles. The van der Waals surface area contributed by atoms with E-state index in [2.05, 4.69) is 35.9 Å². The van der Waals surface area contributed by atoms with Gasteiger partial charge in [0.15, 0.2) is 0 Å². The number of rotatable bonds is 1. The molecule has 2 nitrogen and oxygen atoms in total. The molecule has 0 amide bonds. The maximum absolute atomic E-state index is 5.10. The van der Waals surface area contributed by atoms with Gasteiger partial charge in [-0.05, 0) is 23.6 Å². The molecule has 15 heavy (non-hydrogen) atoms. The SMILES string of the molecule is CC(C)c1ccc2[nH]c(=S)c(=S)[nH]c2c1. The van der Waals surface area contributed by atoms with Crippen molar-refractivity contribution in [3.05, 3.63) is 33.0 Å². The van der Waals surface area contributed by atoms with Crippen LogP contribution in [0.4, 0.5) is 0 Å². The second-order valence-corrected chi connectivity index (χ2v) is 4.68. The van der Waals surface area contributed by atoms with Gasteiger partial charge in [-0.2, -0.15) is 0 Å². The summed E-state index contributed by atoms with van der Waals surface area (Å²) in [6.45, 7) is 4.34. The number of H-pyrrole nitrogens is 2. The van der Waals surface area contributed by atoms with Gasteiger partial charge in [-0.15, -0.1) is 0 Å². The van der Waals surface area contributed by atoms with Gasteiger partial charge in [0.25, 0.3) is 0 Å². The van der Waals surface area contributed by atoms with Crippen molar-refractivity contribution in [2.75, 3.05) is 0 Å². The second-order valence-electron chi connectivity index (χ2n) is 3.87. The van der Waals surface area contributed by atoms with Crippen LogP contribution in [-0.4, -0.2) is 9.97 Å². The lowest BCUT2D eigenvalue weighted by Gasteiger charge is -2.06. The number of aromatic amines is 2. The van der Waals surface area contributed by atoms with E-state index in [4.69, 9.17) is 24.4 Å². The molecule has 0 aliphatic rings. The van der Waals surface area contributed by atoms with Crippen LogP contribution in [0.1, 0.15) is 25.3 Å². The molecular formula is C11H12N2S2. The minimum Gasteiger partial charge on any atom is -0.342 e. The Kier molecular flexibility index (Phi) is 2.71. The molecule has 0 radical (unpaired) electrons. The zero-order valence-electron chi connectivity index (χ0n) is 8.63. The molecule has 0 atom stereocenters. The predicted molar refractivity (Wildman–Crippen MR) is 68.4 cm³/mol. The van der Waals surface area contributed by atoms with Crippen LogP contribution < -0.4 is 0 Å². The van der Waals surface area contributed by atoms with E-state index in [0.717, 1.165) is 11.0 Å². The maximum atomic E-state index is 5.10. The summed E-state index contributed by atoms with van der Waals surface area (Å²) >= 11 is 10.2. The van der Waals surface area contributed by atoms with E-state index in [0.29, 0.717) is 15.2 Å². The highest BCUT2D eigenvalue weighted by Crippen LogP contribution is 2.18. The first kappa shape index (κ1) is 10.5. The summed E-state index contributed by atoms with van der Waals surface area (Å²) in [6, 6.07) is 6.25. The first-order chi connectivity index (χ1) is 7.08. The fourth-order valence-corrected chi connectivity index (χ4v) is 1.81. The van der Waals surface area contributed by atoms with Gasteiger partial charge in [0.05, 0.1) is 11.0 Å². The minimum absolute atomic E-state index is 0.513. The molecule has 0 fully saturated rings. The van der Waals surface area contributed by atoms with E-state index in [9.17, 15) is 0 Å². The molecular weight excluding hydrogens is 224 g/mol. The molecule has 0 bridgehead atoms. The predicted octanol–water partition coefficient (Wildman–Crippen LogP) is 4.08. The van der Waals surface area contributed by atoms with E-state index in [-0.39, 0.29) is 0 Å². The standard InChI is InChI=1S/C11H12N2S2/c1-6(2)7-3-4-8-9(5-7)13-11(15)10(14)12-8/h3-6H,1-2H3,(H,12,14)(H,13,15). The third-order valence-corrected chi connectivity index (χ3v) is 3.15. The molecule has 1 aromatic heterocycles. The normalized spacial score (nSPS) is 11.1. The molecule has 0 spiro atoms. The van der Waals surface area contributed by atoms with Crippen molar-refractivity contribution in [1.82, 2.24) is 9.97 Å². The molecule has 0 aliphatic heterocycles. The van der Waals surface area contributed by atoms with Crippen molar-refractivity contribution >= 4 is 35.5 Å². The molecule has 2 rings (SSSR count). The summed E-state index contributed by atoms with van der Waals surface area (Å²) < 4.78 is 1.19. The van der Waals surface area contributed by atoms with Gasteiger partial charge in [-0.1, -0.05) is 44.3 Å². The number of benzene rings is 1. The Morgan fingerprint density at radius 1 is 1.00 bits per heavy atom. The first-order valence-corrected chi connectivity index (χ1v) is 5.66. The lowest BCUT2D eigenvalue weighted by molar-refractivity contribution is 0.868. The average Bonchev–Trinajstić information content (AvgIpc) is 2.19. The molecule has 0 aliphatic carbocycles. The second kappa shape index (κ2) is 3.87. The number of aromatic nitrogens is 2. The van der Waals surface area contributed by atoms with Crippen molar-refractivity contribution in [3.63, 3.8) is 0 Å². The van der Waals surface area contributed by atoms with Crippen LogP contribution in [0.2, 0.25) is 0 Å². The Labute approximate surface area is 98.4 Å². The molecule has 0 saturated carbocycles. The largest absolute Gasteiger partial charge is 0.342 e. The fourth-order valence-electron chi connectivity index (χ4n) is 1.49. The van der Waals surface area contributed by atoms with Crippen molar-refractivity contribution < 1.29 is 0 Å². The highest BCUT2D eigenvalue weighted by Gasteiger charge is 2.01. The number of hydrogen-bond acceptors (Lipinski definition) is 2. The highest BCUT2D eigenvalue weighted by atomic mass is 32.1. The zero-order valence-corrected chi connectivity index (χ0v) is 10.3. The topological polar surface area (TPSA) is 31.6 Å². The van der Waals surface area contributed by atoms with Crippen LogP contribution in [-0.2, 0) is 0 Å². The summed E-state index contributed by atoms with van der Waals surface area (Å²) in [5.74, 6) is 0.513. The summed E-state index contributed by atoms with van der Waals surface area (Å²) in [5, 5.41) is 0. The molecule has 0 unspecified atom stereocenters. The summed E-state index contributed by atoms with van der Waals surface area (Å²) in [6.07, 6.45) is 0. The van der Waals surface area contributed by atoms with E-state index in [1.54, 1.807) is 0 Å². The van der Waals surface area contributed by atoms with Gasteiger partial charge in [-0.25, -0.2) is 0 Å². The average molecular weight is 236 g/mol. The monoisotopic (exact) mass is 236 g/mol. The number of fused-ring (bicyclic) bond motifs is 1. The molecule has 4 heteroatoms. The van der Waals surface area contributed by atoms with Gasteiger partial charge in [0.2, 0.25) is 0 Å². The minimum atomic E-state index is 0.513. The Morgan fingerprint density at radius 2 is 1.60 bits per heavy atom. The highest BCUT2D eigenvalue weighted by molar-refractivity contribution is 7.73. The molecule has 1 heterocycles. The van der Waals surface area contributed by atoms with Gasteiger partial charge < -0.3 is 9.97 Å². The quantitative estimate of drug-likeness (QED) is 0.731. The van der Waals surface area contributed by atoms with Crippen LogP contribution in [0.3, 0.4) is 0 Å². The van der Waals surface area contributed by atoms with Gasteiger partial charge in [0.1, 0.15) is 9.28 Å². The third kappa shape index (κ3) is 2.01.